The van der Waals surface area contributed by atoms with Crippen LogP contribution in [0.15, 0.2) is 11.6 Å². The van der Waals surface area contributed by atoms with E-state index in [0.29, 0.717) is 19.0 Å². The summed E-state index contributed by atoms with van der Waals surface area (Å²) in [5.74, 6) is 0.881. The maximum Gasteiger partial charge on any atom is 0.224 e. The normalized spacial score (nSPS) is 26.6. The molecule has 0 aromatic rings. The molecule has 0 aliphatic heterocycles. The lowest BCUT2D eigenvalue weighted by atomic mass is 10.1. The number of carbonyl (C=O) groups excluding carboxylic acids is 2. The van der Waals surface area contributed by atoms with Crippen LogP contribution in [-0.2, 0) is 9.59 Å². The summed E-state index contributed by atoms with van der Waals surface area (Å²) in [4.78, 5) is 23.6. The van der Waals surface area contributed by atoms with Crippen LogP contribution in [0.3, 0.4) is 0 Å². The van der Waals surface area contributed by atoms with Gasteiger partial charge in [0.05, 0.1) is 5.92 Å². The zero-order valence-electron chi connectivity index (χ0n) is 13.0. The van der Waals surface area contributed by atoms with Crippen LogP contribution < -0.4 is 10.6 Å². The maximum absolute atomic E-state index is 12.2. The lowest BCUT2D eigenvalue weighted by molar-refractivity contribution is -0.124. The molecule has 2 amide bonds. The molecule has 2 N–H and O–H groups in total. The summed E-state index contributed by atoms with van der Waals surface area (Å²) >= 11 is 0. The molecule has 0 aromatic carbocycles. The number of hydrogen-bond acceptors (Lipinski definition) is 2. The molecular formula is C16H26N2O2. The van der Waals surface area contributed by atoms with E-state index in [0.717, 1.165) is 12.8 Å². The number of carbonyl (C=O) groups is 2. The molecule has 2 saturated carbocycles. The molecule has 20 heavy (non-hydrogen) atoms. The Kier molecular flexibility index (Phi) is 4.21. The van der Waals surface area contributed by atoms with Gasteiger partial charge < -0.3 is 10.6 Å². The first kappa shape index (κ1) is 15.1. The molecule has 2 rings (SSSR count). The number of allylic oxidation sites excluding steroid dienone is 2. The molecule has 0 aromatic heterocycles. The van der Waals surface area contributed by atoms with E-state index in [-0.39, 0.29) is 29.1 Å². The Morgan fingerprint density at radius 3 is 2.15 bits per heavy atom. The fraction of sp³-hybridized carbons (Fsp3) is 0.750. The summed E-state index contributed by atoms with van der Waals surface area (Å²) in [6.07, 6.45) is 4.22. The molecule has 112 valence electrons. The monoisotopic (exact) mass is 278 g/mol. The number of rotatable bonds is 6. The van der Waals surface area contributed by atoms with Crippen molar-refractivity contribution in [1.82, 2.24) is 10.6 Å². The van der Waals surface area contributed by atoms with Crippen LogP contribution >= 0.6 is 0 Å². The van der Waals surface area contributed by atoms with Crippen molar-refractivity contribution < 1.29 is 9.59 Å². The topological polar surface area (TPSA) is 58.2 Å². The Bertz CT molecular complexity index is 432. The predicted octanol–water partition coefficient (Wildman–Crippen LogP) is 1.87. The van der Waals surface area contributed by atoms with Gasteiger partial charge in [0, 0.05) is 19.0 Å². The average molecular weight is 278 g/mol. The highest BCUT2D eigenvalue weighted by atomic mass is 16.2. The third-order valence-corrected chi connectivity index (χ3v) is 4.38. The maximum atomic E-state index is 12.2. The highest BCUT2D eigenvalue weighted by molar-refractivity contribution is 5.84. The fourth-order valence-corrected chi connectivity index (χ4v) is 2.82. The summed E-state index contributed by atoms with van der Waals surface area (Å²) in [6, 6.07) is 0. The highest BCUT2D eigenvalue weighted by Crippen LogP contribution is 2.59. The van der Waals surface area contributed by atoms with Crippen molar-refractivity contribution in [3.8, 4) is 0 Å². The van der Waals surface area contributed by atoms with Gasteiger partial charge in [-0.3, -0.25) is 9.59 Å². The van der Waals surface area contributed by atoms with E-state index in [4.69, 9.17) is 0 Å². The van der Waals surface area contributed by atoms with Crippen LogP contribution in [0.25, 0.3) is 0 Å². The molecule has 0 saturated heterocycles. The standard InChI is InChI=1S/C16H26N2O2/c1-10(2)9-12-13(16(12,3)4)15(20)18-8-7-17-14(19)11-5-6-11/h9,11-13H,5-8H2,1-4H3,(H,17,19)(H,18,20). The molecule has 4 nitrogen and oxygen atoms in total. The second-order valence-corrected chi connectivity index (χ2v) is 6.93. The molecule has 2 fully saturated rings. The minimum absolute atomic E-state index is 0.0542. The van der Waals surface area contributed by atoms with Crippen LogP contribution in [0.4, 0.5) is 0 Å². The van der Waals surface area contributed by atoms with Gasteiger partial charge in [0.2, 0.25) is 11.8 Å². The van der Waals surface area contributed by atoms with E-state index in [9.17, 15) is 9.59 Å². The summed E-state index contributed by atoms with van der Waals surface area (Å²) in [7, 11) is 0. The highest BCUT2D eigenvalue weighted by Gasteiger charge is 2.60. The van der Waals surface area contributed by atoms with Gasteiger partial charge in [0.25, 0.3) is 0 Å². The van der Waals surface area contributed by atoms with Gasteiger partial charge in [-0.15, -0.1) is 0 Å². The molecule has 0 spiro atoms. The first-order chi connectivity index (χ1) is 9.34. The van der Waals surface area contributed by atoms with E-state index in [2.05, 4.69) is 44.4 Å². The fourth-order valence-electron chi connectivity index (χ4n) is 2.82. The summed E-state index contributed by atoms with van der Waals surface area (Å²) in [6.45, 7) is 9.45. The number of nitrogens with one attached hydrogen (secondary N) is 2. The Morgan fingerprint density at radius 1 is 1.10 bits per heavy atom. The molecule has 4 heteroatoms. The lowest BCUT2D eigenvalue weighted by Crippen LogP contribution is -2.36. The Labute approximate surface area is 121 Å². The predicted molar refractivity (Wildman–Crippen MR) is 78.9 cm³/mol. The Morgan fingerprint density at radius 2 is 1.65 bits per heavy atom. The molecule has 2 unspecified atom stereocenters. The SMILES string of the molecule is CC(C)=CC1C(C(=O)NCCNC(=O)C2CC2)C1(C)C. The summed E-state index contributed by atoms with van der Waals surface area (Å²) < 4.78 is 0. The van der Waals surface area contributed by atoms with Crippen molar-refractivity contribution in [2.24, 2.45) is 23.2 Å². The van der Waals surface area contributed by atoms with Gasteiger partial charge in [-0.05, 0) is 38.0 Å². The van der Waals surface area contributed by atoms with Crippen molar-refractivity contribution in [3.63, 3.8) is 0 Å². The summed E-state index contributed by atoms with van der Waals surface area (Å²) in [5, 5.41) is 5.79. The largest absolute Gasteiger partial charge is 0.354 e. The van der Waals surface area contributed by atoms with E-state index < -0.39 is 0 Å². The van der Waals surface area contributed by atoms with Crippen molar-refractivity contribution in [3.05, 3.63) is 11.6 Å². The van der Waals surface area contributed by atoms with Gasteiger partial charge in [-0.25, -0.2) is 0 Å². The van der Waals surface area contributed by atoms with Crippen LogP contribution in [0.1, 0.15) is 40.5 Å². The van der Waals surface area contributed by atoms with Gasteiger partial charge in [-0.1, -0.05) is 25.5 Å². The quantitative estimate of drug-likeness (QED) is 0.575. The number of amides is 2. The van der Waals surface area contributed by atoms with Crippen molar-refractivity contribution in [2.75, 3.05) is 13.1 Å². The van der Waals surface area contributed by atoms with Gasteiger partial charge in [0.15, 0.2) is 0 Å². The third-order valence-electron chi connectivity index (χ3n) is 4.38. The van der Waals surface area contributed by atoms with E-state index in [1.54, 1.807) is 0 Å². The van der Waals surface area contributed by atoms with E-state index in [1.807, 2.05) is 0 Å². The van der Waals surface area contributed by atoms with Crippen LogP contribution in [-0.4, -0.2) is 24.9 Å². The smallest absolute Gasteiger partial charge is 0.224 e. The molecule has 0 heterocycles. The average Bonchev–Trinajstić information content (AvgIpc) is 3.22. The number of hydrogen-bond donors (Lipinski definition) is 2. The van der Waals surface area contributed by atoms with Crippen molar-refractivity contribution in [2.45, 2.75) is 40.5 Å². The Hall–Kier alpha value is -1.32. The Balaban J connectivity index is 1.70. The zero-order valence-corrected chi connectivity index (χ0v) is 13.0. The molecular weight excluding hydrogens is 252 g/mol. The summed E-state index contributed by atoms with van der Waals surface area (Å²) in [5.41, 5.74) is 1.31. The minimum Gasteiger partial charge on any atom is -0.354 e. The van der Waals surface area contributed by atoms with Crippen LogP contribution in [0.5, 0.6) is 0 Å². The molecule has 2 atom stereocenters. The van der Waals surface area contributed by atoms with Gasteiger partial charge in [-0.2, -0.15) is 0 Å². The first-order valence-corrected chi connectivity index (χ1v) is 7.54. The molecule has 0 radical (unpaired) electrons. The van der Waals surface area contributed by atoms with Crippen molar-refractivity contribution >= 4 is 11.8 Å². The van der Waals surface area contributed by atoms with Crippen molar-refractivity contribution in [1.29, 1.82) is 0 Å². The van der Waals surface area contributed by atoms with Gasteiger partial charge in [0.1, 0.15) is 0 Å². The second-order valence-electron chi connectivity index (χ2n) is 6.93. The van der Waals surface area contributed by atoms with E-state index >= 15 is 0 Å². The molecule has 2 aliphatic carbocycles. The second kappa shape index (κ2) is 5.58. The minimum atomic E-state index is 0.0542. The first-order valence-electron chi connectivity index (χ1n) is 7.54. The molecule has 2 aliphatic rings. The lowest BCUT2D eigenvalue weighted by Gasteiger charge is -2.07. The van der Waals surface area contributed by atoms with Gasteiger partial charge >= 0.3 is 0 Å². The van der Waals surface area contributed by atoms with Crippen LogP contribution in [0, 0.1) is 23.2 Å². The van der Waals surface area contributed by atoms with Crippen LogP contribution in [0.2, 0.25) is 0 Å². The van der Waals surface area contributed by atoms with E-state index in [1.165, 1.54) is 5.57 Å². The third kappa shape index (κ3) is 3.41. The zero-order chi connectivity index (χ0) is 14.9. The molecule has 0 bridgehead atoms.